The van der Waals surface area contributed by atoms with E-state index in [0.29, 0.717) is 35.2 Å². The average Bonchev–Trinajstić information content (AvgIpc) is 2.71. The van der Waals surface area contributed by atoms with Gasteiger partial charge in [0.1, 0.15) is 10.6 Å². The molecule has 0 aliphatic carbocycles. The van der Waals surface area contributed by atoms with Crippen molar-refractivity contribution in [2.75, 3.05) is 25.0 Å². The van der Waals surface area contributed by atoms with Crippen molar-refractivity contribution in [1.82, 2.24) is 4.31 Å². The number of hydrogen-bond donors (Lipinski definition) is 1. The molecule has 0 unspecified atom stereocenters. The molecule has 1 heterocycles. The second kappa shape index (κ2) is 9.34. The number of nitrogens with zero attached hydrogens (tertiary/aromatic N) is 1. The van der Waals surface area contributed by atoms with Crippen molar-refractivity contribution in [3.63, 3.8) is 0 Å². The molecule has 2 aromatic rings. The highest BCUT2D eigenvalue weighted by atomic mass is 35.5. The first-order chi connectivity index (χ1) is 13.8. The van der Waals surface area contributed by atoms with Gasteiger partial charge in [0.05, 0.1) is 6.61 Å². The summed E-state index contributed by atoms with van der Waals surface area (Å²) in [5, 5.41) is 3.77. The number of nitrogens with one attached hydrogen (secondary N) is 1. The first-order valence-electron chi connectivity index (χ1n) is 9.30. The Morgan fingerprint density at radius 3 is 2.34 bits per heavy atom. The lowest BCUT2D eigenvalue weighted by Crippen LogP contribution is -2.41. The minimum atomic E-state index is -3.77. The van der Waals surface area contributed by atoms with E-state index in [0.717, 1.165) is 0 Å². The fourth-order valence-electron chi connectivity index (χ4n) is 3.23. The van der Waals surface area contributed by atoms with Crippen molar-refractivity contribution in [3.05, 3.63) is 52.5 Å². The summed E-state index contributed by atoms with van der Waals surface area (Å²) in [4.78, 5) is 12.6. The van der Waals surface area contributed by atoms with E-state index in [-0.39, 0.29) is 35.6 Å². The van der Waals surface area contributed by atoms with Gasteiger partial charge in [-0.3, -0.25) is 4.79 Å². The van der Waals surface area contributed by atoms with Crippen molar-refractivity contribution in [1.29, 1.82) is 0 Å². The van der Waals surface area contributed by atoms with Crippen molar-refractivity contribution in [2.24, 2.45) is 5.92 Å². The van der Waals surface area contributed by atoms with Gasteiger partial charge in [0, 0.05) is 34.7 Å². The number of amides is 1. The van der Waals surface area contributed by atoms with E-state index in [1.165, 1.54) is 10.4 Å². The lowest BCUT2D eigenvalue weighted by atomic mass is 9.97. The van der Waals surface area contributed by atoms with Gasteiger partial charge in [-0.2, -0.15) is 4.31 Å². The number of piperidine rings is 1. The van der Waals surface area contributed by atoms with Crippen LogP contribution in [0.4, 0.5) is 5.69 Å². The largest absolute Gasteiger partial charge is 0.492 e. The Labute approximate surface area is 180 Å². The van der Waals surface area contributed by atoms with Crippen molar-refractivity contribution >= 4 is 44.8 Å². The molecule has 3 rings (SSSR count). The molecular weight excluding hydrogens is 435 g/mol. The molecule has 2 aromatic carbocycles. The van der Waals surface area contributed by atoms with Crippen molar-refractivity contribution < 1.29 is 17.9 Å². The lowest BCUT2D eigenvalue weighted by molar-refractivity contribution is -0.120. The van der Waals surface area contributed by atoms with Crippen LogP contribution in [0.15, 0.2) is 47.4 Å². The minimum absolute atomic E-state index is 0.0518. The zero-order valence-corrected chi connectivity index (χ0v) is 18.2. The second-order valence-corrected chi connectivity index (χ2v) is 9.48. The van der Waals surface area contributed by atoms with E-state index in [4.69, 9.17) is 27.9 Å². The highest BCUT2D eigenvalue weighted by Gasteiger charge is 2.34. The topological polar surface area (TPSA) is 75.7 Å². The average molecular weight is 457 g/mol. The van der Waals surface area contributed by atoms with Gasteiger partial charge in [0.2, 0.25) is 15.9 Å². The molecule has 1 aliphatic heterocycles. The van der Waals surface area contributed by atoms with Crippen LogP contribution in [-0.4, -0.2) is 38.3 Å². The number of carbonyl (C=O) groups is 1. The van der Waals surface area contributed by atoms with Crippen LogP contribution in [0, 0.1) is 5.92 Å². The number of hydrogen-bond acceptors (Lipinski definition) is 4. The number of sulfonamides is 1. The maximum absolute atomic E-state index is 13.1. The van der Waals surface area contributed by atoms with Gasteiger partial charge >= 0.3 is 0 Å². The van der Waals surface area contributed by atoms with Crippen molar-refractivity contribution in [3.8, 4) is 5.75 Å². The molecule has 9 heteroatoms. The van der Waals surface area contributed by atoms with Gasteiger partial charge < -0.3 is 10.1 Å². The van der Waals surface area contributed by atoms with E-state index in [1.54, 1.807) is 43.3 Å². The lowest BCUT2D eigenvalue weighted by Gasteiger charge is -2.31. The summed E-state index contributed by atoms with van der Waals surface area (Å²) in [5.41, 5.74) is 0.662. The van der Waals surface area contributed by atoms with Gasteiger partial charge in [0.15, 0.2) is 0 Å². The van der Waals surface area contributed by atoms with Crippen LogP contribution in [0.3, 0.4) is 0 Å². The van der Waals surface area contributed by atoms with E-state index in [9.17, 15) is 13.2 Å². The Balaban J connectivity index is 1.67. The maximum atomic E-state index is 13.1. The maximum Gasteiger partial charge on any atom is 0.246 e. The number of halogens is 2. The Bertz CT molecular complexity index is 972. The van der Waals surface area contributed by atoms with E-state index in [1.807, 2.05) is 0 Å². The zero-order valence-electron chi connectivity index (χ0n) is 15.9. The van der Waals surface area contributed by atoms with Crippen LogP contribution in [0.5, 0.6) is 5.75 Å². The summed E-state index contributed by atoms with van der Waals surface area (Å²) in [6, 6.07) is 11.4. The third-order valence-corrected chi connectivity index (χ3v) is 7.17. The number of anilines is 1. The Kier molecular flexibility index (Phi) is 7.05. The zero-order chi connectivity index (χ0) is 21.0. The number of carbonyl (C=O) groups excluding carboxylic acids is 1. The van der Waals surface area contributed by atoms with E-state index < -0.39 is 10.0 Å². The van der Waals surface area contributed by atoms with Gasteiger partial charge in [-0.15, -0.1) is 0 Å². The monoisotopic (exact) mass is 456 g/mol. The molecule has 29 heavy (non-hydrogen) atoms. The molecule has 6 nitrogen and oxygen atoms in total. The summed E-state index contributed by atoms with van der Waals surface area (Å²) < 4.78 is 33.1. The van der Waals surface area contributed by atoms with Crippen LogP contribution in [-0.2, 0) is 14.8 Å². The van der Waals surface area contributed by atoms with Crippen molar-refractivity contribution in [2.45, 2.75) is 24.7 Å². The first kappa shape index (κ1) is 21.9. The first-order valence-corrected chi connectivity index (χ1v) is 11.5. The van der Waals surface area contributed by atoms with E-state index in [2.05, 4.69) is 5.32 Å². The molecule has 0 saturated carbocycles. The van der Waals surface area contributed by atoms with Crippen LogP contribution in [0.1, 0.15) is 19.8 Å². The smallest absolute Gasteiger partial charge is 0.246 e. The van der Waals surface area contributed by atoms with Gasteiger partial charge in [-0.1, -0.05) is 23.2 Å². The third-order valence-electron chi connectivity index (χ3n) is 4.76. The molecule has 0 atom stereocenters. The highest BCUT2D eigenvalue weighted by molar-refractivity contribution is 7.89. The molecule has 1 amide bonds. The molecule has 1 saturated heterocycles. The summed E-state index contributed by atoms with van der Waals surface area (Å²) >= 11 is 11.9. The SMILES string of the molecule is CCOc1ccc(Cl)cc1S(=O)(=O)N1CCC(C(=O)Nc2ccc(Cl)cc2)CC1. The number of ether oxygens (including phenoxy) is 1. The summed E-state index contributed by atoms with van der Waals surface area (Å²) in [7, 11) is -3.77. The van der Waals surface area contributed by atoms with Crippen LogP contribution < -0.4 is 10.1 Å². The second-order valence-electron chi connectivity index (χ2n) is 6.70. The molecule has 1 aliphatic rings. The van der Waals surface area contributed by atoms with Crippen LogP contribution in [0.25, 0.3) is 0 Å². The molecule has 0 radical (unpaired) electrons. The quantitative estimate of drug-likeness (QED) is 0.697. The predicted molar refractivity (Wildman–Crippen MR) is 114 cm³/mol. The number of rotatable bonds is 6. The Hall–Kier alpha value is -1.80. The summed E-state index contributed by atoms with van der Waals surface area (Å²) in [6.07, 6.45) is 0.867. The van der Waals surface area contributed by atoms with E-state index >= 15 is 0 Å². The molecule has 1 fully saturated rings. The Morgan fingerprint density at radius 1 is 1.10 bits per heavy atom. The molecule has 1 N–H and O–H groups in total. The molecule has 156 valence electrons. The third kappa shape index (κ3) is 5.22. The molecule has 0 spiro atoms. The van der Waals surface area contributed by atoms with Crippen LogP contribution >= 0.6 is 23.2 Å². The Morgan fingerprint density at radius 2 is 1.72 bits per heavy atom. The van der Waals surface area contributed by atoms with Gasteiger partial charge in [0.25, 0.3) is 0 Å². The highest BCUT2D eigenvalue weighted by Crippen LogP contribution is 2.32. The standard InChI is InChI=1S/C20H22Cl2N2O4S/c1-2-28-18-8-5-16(22)13-19(18)29(26,27)24-11-9-14(10-12-24)20(25)23-17-6-3-15(21)4-7-17/h3-8,13-14H,2,9-12H2,1H3,(H,23,25). The van der Waals surface area contributed by atoms with Gasteiger partial charge in [-0.05, 0) is 62.2 Å². The molecule has 0 bridgehead atoms. The molecular formula is C20H22Cl2N2O4S. The normalized spacial score (nSPS) is 15.8. The fraction of sp³-hybridized carbons (Fsp3) is 0.350. The molecule has 0 aromatic heterocycles. The summed E-state index contributed by atoms with van der Waals surface area (Å²) in [6.45, 7) is 2.63. The number of benzene rings is 2. The summed E-state index contributed by atoms with van der Waals surface area (Å²) in [5.74, 6) is -0.107. The fourth-order valence-corrected chi connectivity index (χ4v) is 5.22. The van der Waals surface area contributed by atoms with Gasteiger partial charge in [-0.25, -0.2) is 8.42 Å². The minimum Gasteiger partial charge on any atom is -0.492 e. The predicted octanol–water partition coefficient (Wildman–Crippen LogP) is 4.43. The van der Waals surface area contributed by atoms with Crippen LogP contribution in [0.2, 0.25) is 10.0 Å².